The molecule has 1 heterocycles. The van der Waals surface area contributed by atoms with Crippen molar-refractivity contribution in [1.82, 2.24) is 0 Å². The molecule has 4 rings (SSSR count). The first-order chi connectivity index (χ1) is 14.5. The molecular formula is C24H24N2O4. The number of hydrogen-bond acceptors (Lipinski definition) is 4. The van der Waals surface area contributed by atoms with Crippen molar-refractivity contribution in [2.75, 3.05) is 11.5 Å². The smallest absolute Gasteiger partial charge is 0.250 e. The number of amides is 2. The molecule has 1 aliphatic carbocycles. The summed E-state index contributed by atoms with van der Waals surface area (Å²) in [6.45, 7) is 2.49. The standard InChI is InChI=1S/C24H24N2O4/c1-2-30-16-12-10-15(11-13-16)18-14-22(28)26(20-8-5-9-21(27)23(18)20)19-7-4-3-6-17(19)24(25)29/h3-4,6-7,10-13,18H,2,5,8-9,14H2,1H3,(H2,25,29). The molecule has 30 heavy (non-hydrogen) atoms. The zero-order valence-corrected chi connectivity index (χ0v) is 16.9. The van der Waals surface area contributed by atoms with E-state index in [0.29, 0.717) is 42.8 Å². The number of ketones is 1. The molecule has 0 saturated carbocycles. The summed E-state index contributed by atoms with van der Waals surface area (Å²) in [5, 5.41) is 0. The number of rotatable bonds is 5. The predicted octanol–water partition coefficient (Wildman–Crippen LogP) is 3.71. The maximum absolute atomic E-state index is 13.3. The van der Waals surface area contributed by atoms with Gasteiger partial charge in [0, 0.05) is 30.0 Å². The molecule has 1 aliphatic heterocycles. The fourth-order valence-electron chi connectivity index (χ4n) is 4.40. The summed E-state index contributed by atoms with van der Waals surface area (Å²) in [5.74, 6) is -0.228. The summed E-state index contributed by atoms with van der Waals surface area (Å²) in [5.41, 5.74) is 8.54. The largest absolute Gasteiger partial charge is 0.494 e. The van der Waals surface area contributed by atoms with Crippen LogP contribution in [-0.4, -0.2) is 24.2 Å². The number of nitrogens with zero attached hydrogens (tertiary/aromatic N) is 1. The normalized spacial score (nSPS) is 19.0. The van der Waals surface area contributed by atoms with Crippen LogP contribution in [0.4, 0.5) is 5.69 Å². The van der Waals surface area contributed by atoms with Gasteiger partial charge in [-0.1, -0.05) is 24.3 Å². The minimum Gasteiger partial charge on any atom is -0.494 e. The molecule has 2 aliphatic rings. The highest BCUT2D eigenvalue weighted by atomic mass is 16.5. The number of benzene rings is 2. The van der Waals surface area contributed by atoms with Gasteiger partial charge in [-0.05, 0) is 49.6 Å². The molecule has 2 amide bonds. The third kappa shape index (κ3) is 3.49. The number of ether oxygens (including phenoxy) is 1. The summed E-state index contributed by atoms with van der Waals surface area (Å²) in [7, 11) is 0. The van der Waals surface area contributed by atoms with Crippen LogP contribution in [0.1, 0.15) is 54.4 Å². The van der Waals surface area contributed by atoms with E-state index in [4.69, 9.17) is 10.5 Å². The first kappa shape index (κ1) is 19.9. The van der Waals surface area contributed by atoms with Gasteiger partial charge in [0.15, 0.2) is 5.78 Å². The summed E-state index contributed by atoms with van der Waals surface area (Å²) in [6, 6.07) is 14.4. The number of carbonyl (C=O) groups excluding carboxylic acids is 3. The maximum atomic E-state index is 13.3. The van der Waals surface area contributed by atoms with Gasteiger partial charge in [-0.3, -0.25) is 19.3 Å². The lowest BCUT2D eigenvalue weighted by Gasteiger charge is -2.38. The van der Waals surface area contributed by atoms with Crippen LogP contribution in [0.5, 0.6) is 5.75 Å². The lowest BCUT2D eigenvalue weighted by Crippen LogP contribution is -2.41. The molecule has 0 saturated heterocycles. The summed E-state index contributed by atoms with van der Waals surface area (Å²) < 4.78 is 5.51. The highest BCUT2D eigenvalue weighted by Crippen LogP contribution is 2.44. The zero-order chi connectivity index (χ0) is 21.3. The Balaban J connectivity index is 1.82. The zero-order valence-electron chi connectivity index (χ0n) is 16.9. The Labute approximate surface area is 175 Å². The lowest BCUT2D eigenvalue weighted by molar-refractivity contribution is -0.119. The molecule has 1 unspecified atom stereocenters. The van der Waals surface area contributed by atoms with E-state index in [0.717, 1.165) is 11.3 Å². The second-order valence-electron chi connectivity index (χ2n) is 7.51. The van der Waals surface area contributed by atoms with E-state index < -0.39 is 5.91 Å². The number of nitrogens with two attached hydrogens (primary N) is 1. The Hall–Kier alpha value is -3.41. The number of primary amides is 1. The van der Waals surface area contributed by atoms with Gasteiger partial charge in [0.1, 0.15) is 5.75 Å². The van der Waals surface area contributed by atoms with Crippen LogP contribution in [0.15, 0.2) is 59.8 Å². The predicted molar refractivity (Wildman–Crippen MR) is 113 cm³/mol. The molecule has 0 aromatic heterocycles. The van der Waals surface area contributed by atoms with Crippen molar-refractivity contribution < 1.29 is 19.1 Å². The Bertz CT molecular complexity index is 1040. The van der Waals surface area contributed by atoms with Crippen molar-refractivity contribution in [3.8, 4) is 5.75 Å². The van der Waals surface area contributed by atoms with Gasteiger partial charge >= 0.3 is 0 Å². The highest BCUT2D eigenvalue weighted by molar-refractivity contribution is 6.10. The average molecular weight is 404 g/mol. The van der Waals surface area contributed by atoms with Crippen molar-refractivity contribution in [1.29, 1.82) is 0 Å². The number of Topliss-reactive ketones (excluding diaryl/α,β-unsaturated/α-hetero) is 1. The van der Waals surface area contributed by atoms with E-state index in [-0.39, 0.29) is 29.6 Å². The van der Waals surface area contributed by atoms with Gasteiger partial charge in [-0.15, -0.1) is 0 Å². The van der Waals surface area contributed by atoms with Crippen LogP contribution in [0, 0.1) is 0 Å². The number of para-hydroxylation sites is 1. The van der Waals surface area contributed by atoms with Crippen molar-refractivity contribution in [2.45, 2.75) is 38.5 Å². The van der Waals surface area contributed by atoms with Crippen LogP contribution >= 0.6 is 0 Å². The van der Waals surface area contributed by atoms with E-state index in [2.05, 4.69) is 0 Å². The number of allylic oxidation sites excluding steroid dienone is 2. The van der Waals surface area contributed by atoms with Crippen LogP contribution in [0.2, 0.25) is 0 Å². The fourth-order valence-corrected chi connectivity index (χ4v) is 4.40. The molecule has 1 atom stereocenters. The maximum Gasteiger partial charge on any atom is 0.250 e. The van der Waals surface area contributed by atoms with Crippen molar-refractivity contribution in [3.63, 3.8) is 0 Å². The molecule has 0 fully saturated rings. The van der Waals surface area contributed by atoms with Crippen molar-refractivity contribution in [3.05, 3.63) is 70.9 Å². The Kier molecular flexibility index (Phi) is 5.40. The number of carbonyl (C=O) groups is 3. The first-order valence-electron chi connectivity index (χ1n) is 10.2. The van der Waals surface area contributed by atoms with Crippen LogP contribution < -0.4 is 15.4 Å². The molecule has 0 radical (unpaired) electrons. The van der Waals surface area contributed by atoms with E-state index >= 15 is 0 Å². The molecule has 2 aromatic rings. The van der Waals surface area contributed by atoms with Crippen LogP contribution in [-0.2, 0) is 9.59 Å². The van der Waals surface area contributed by atoms with Gasteiger partial charge in [0.05, 0.1) is 17.9 Å². The van der Waals surface area contributed by atoms with E-state index in [1.807, 2.05) is 31.2 Å². The van der Waals surface area contributed by atoms with Gasteiger partial charge in [0.2, 0.25) is 5.91 Å². The van der Waals surface area contributed by atoms with Gasteiger partial charge in [0.25, 0.3) is 5.91 Å². The molecule has 2 N–H and O–H groups in total. The van der Waals surface area contributed by atoms with E-state index in [9.17, 15) is 14.4 Å². The Morgan fingerprint density at radius 2 is 1.83 bits per heavy atom. The van der Waals surface area contributed by atoms with E-state index in [1.165, 1.54) is 4.90 Å². The molecule has 2 aromatic carbocycles. The highest BCUT2D eigenvalue weighted by Gasteiger charge is 2.40. The second kappa shape index (κ2) is 8.14. The topological polar surface area (TPSA) is 89.7 Å². The SMILES string of the molecule is CCOc1ccc(C2CC(=O)N(c3ccccc3C(N)=O)C3=C2C(=O)CCC3)cc1. The van der Waals surface area contributed by atoms with Gasteiger partial charge < -0.3 is 10.5 Å². The Morgan fingerprint density at radius 1 is 1.10 bits per heavy atom. The second-order valence-corrected chi connectivity index (χ2v) is 7.51. The summed E-state index contributed by atoms with van der Waals surface area (Å²) in [6.07, 6.45) is 1.90. The minimum atomic E-state index is -0.601. The fraction of sp³-hybridized carbons (Fsp3) is 0.292. The molecule has 6 nitrogen and oxygen atoms in total. The molecule has 154 valence electrons. The molecule has 0 spiro atoms. The molecule has 0 bridgehead atoms. The summed E-state index contributed by atoms with van der Waals surface area (Å²) in [4.78, 5) is 39.8. The number of hydrogen-bond donors (Lipinski definition) is 1. The quantitative estimate of drug-likeness (QED) is 0.823. The van der Waals surface area contributed by atoms with Crippen molar-refractivity contribution in [2.24, 2.45) is 5.73 Å². The summed E-state index contributed by atoms with van der Waals surface area (Å²) >= 11 is 0. The minimum absolute atomic E-state index is 0.0594. The monoisotopic (exact) mass is 404 g/mol. The van der Waals surface area contributed by atoms with Gasteiger partial charge in [-0.25, -0.2) is 0 Å². The first-order valence-corrected chi connectivity index (χ1v) is 10.2. The lowest BCUT2D eigenvalue weighted by atomic mass is 9.77. The van der Waals surface area contributed by atoms with Gasteiger partial charge in [-0.2, -0.15) is 0 Å². The average Bonchev–Trinajstić information content (AvgIpc) is 2.74. The third-order valence-corrected chi connectivity index (χ3v) is 5.68. The van der Waals surface area contributed by atoms with E-state index in [1.54, 1.807) is 24.3 Å². The van der Waals surface area contributed by atoms with Crippen LogP contribution in [0.25, 0.3) is 0 Å². The Morgan fingerprint density at radius 3 is 2.53 bits per heavy atom. The third-order valence-electron chi connectivity index (χ3n) is 5.68. The van der Waals surface area contributed by atoms with Crippen molar-refractivity contribution >= 4 is 23.3 Å². The number of anilines is 1. The molecular weight excluding hydrogens is 380 g/mol. The van der Waals surface area contributed by atoms with Crippen LogP contribution in [0.3, 0.4) is 0 Å². The molecule has 6 heteroatoms.